The van der Waals surface area contributed by atoms with Gasteiger partial charge in [0.25, 0.3) is 5.91 Å². The molecule has 1 fully saturated rings. The van der Waals surface area contributed by atoms with Crippen molar-refractivity contribution in [3.63, 3.8) is 0 Å². The maximum absolute atomic E-state index is 12.8. The molecule has 2 unspecified atom stereocenters. The third kappa shape index (κ3) is 4.27. The quantitative estimate of drug-likeness (QED) is 0.463. The van der Waals surface area contributed by atoms with Crippen LogP contribution in [0.15, 0.2) is 58.1 Å². The van der Waals surface area contributed by atoms with Gasteiger partial charge in [-0.15, -0.1) is 0 Å². The Bertz CT molecular complexity index is 1300. The van der Waals surface area contributed by atoms with Gasteiger partial charge in [0.1, 0.15) is 22.9 Å². The zero-order valence-electron chi connectivity index (χ0n) is 17.3. The minimum Gasteiger partial charge on any atom is -0.489 e. The topological polar surface area (TPSA) is 113 Å². The predicted octanol–water partition coefficient (Wildman–Crippen LogP) is 2.38. The second-order valence-corrected chi connectivity index (χ2v) is 8.82. The number of benzene rings is 2. The number of oxazole rings is 1. The first-order valence-electron chi connectivity index (χ1n) is 10.1. The number of nitrogens with one attached hydrogen (secondary N) is 2. The Kier molecular flexibility index (Phi) is 5.46. The third-order valence-corrected chi connectivity index (χ3v) is 6.39. The SMILES string of the molecule is CN1CC(NC(=O)c2ccc(OCc3ccc4ncoc4c3)cc2)C(c2n[nH]c(=O)s2)C1. The van der Waals surface area contributed by atoms with E-state index in [1.807, 2.05) is 25.2 Å². The lowest BCUT2D eigenvalue weighted by atomic mass is 10.0. The number of nitrogens with zero attached hydrogens (tertiary/aromatic N) is 3. The summed E-state index contributed by atoms with van der Waals surface area (Å²) < 4.78 is 11.2. The summed E-state index contributed by atoms with van der Waals surface area (Å²) in [5, 5.41) is 10.4. The van der Waals surface area contributed by atoms with Gasteiger partial charge in [-0.25, -0.2) is 10.1 Å². The van der Waals surface area contributed by atoms with Crippen molar-refractivity contribution in [1.29, 1.82) is 0 Å². The molecule has 2 N–H and O–H groups in total. The van der Waals surface area contributed by atoms with Crippen LogP contribution in [-0.4, -0.2) is 52.2 Å². The normalized spacial score (nSPS) is 18.8. The van der Waals surface area contributed by atoms with Gasteiger partial charge < -0.3 is 19.4 Å². The van der Waals surface area contributed by atoms with Gasteiger partial charge in [0, 0.05) is 24.6 Å². The minimum absolute atomic E-state index is 0.0165. The minimum atomic E-state index is -0.184. The highest BCUT2D eigenvalue weighted by atomic mass is 32.1. The maximum atomic E-state index is 12.8. The summed E-state index contributed by atoms with van der Waals surface area (Å²) >= 11 is 1.09. The molecule has 4 aromatic rings. The number of amides is 1. The molecule has 0 bridgehead atoms. The number of ether oxygens (including phenoxy) is 1. The molecule has 2 aromatic carbocycles. The Labute approximate surface area is 187 Å². The van der Waals surface area contributed by atoms with Gasteiger partial charge >= 0.3 is 4.87 Å². The molecule has 5 rings (SSSR count). The van der Waals surface area contributed by atoms with E-state index < -0.39 is 0 Å². The van der Waals surface area contributed by atoms with Crippen molar-refractivity contribution in [2.45, 2.75) is 18.6 Å². The summed E-state index contributed by atoms with van der Waals surface area (Å²) in [6, 6.07) is 12.6. The van der Waals surface area contributed by atoms with Gasteiger partial charge in [-0.05, 0) is 49.0 Å². The number of carbonyl (C=O) groups excluding carboxylic acids is 1. The third-order valence-electron chi connectivity index (χ3n) is 5.51. The smallest absolute Gasteiger partial charge is 0.322 e. The Hall–Kier alpha value is -3.50. The number of likely N-dealkylation sites (N-methyl/N-ethyl adjacent to an activating group) is 1. The highest BCUT2D eigenvalue weighted by molar-refractivity contribution is 7.08. The first-order chi connectivity index (χ1) is 15.5. The zero-order chi connectivity index (χ0) is 22.1. The zero-order valence-corrected chi connectivity index (χ0v) is 18.1. The largest absolute Gasteiger partial charge is 0.489 e. The van der Waals surface area contributed by atoms with Crippen molar-refractivity contribution >= 4 is 28.3 Å². The van der Waals surface area contributed by atoms with Gasteiger partial charge in [0.2, 0.25) is 0 Å². The van der Waals surface area contributed by atoms with Crippen molar-refractivity contribution in [2.75, 3.05) is 20.1 Å². The second kappa shape index (κ2) is 8.56. The second-order valence-electron chi connectivity index (χ2n) is 7.83. The predicted molar refractivity (Wildman–Crippen MR) is 119 cm³/mol. The summed E-state index contributed by atoms with van der Waals surface area (Å²) in [5.74, 6) is 0.483. The van der Waals surface area contributed by atoms with Gasteiger partial charge in [-0.3, -0.25) is 9.59 Å². The van der Waals surface area contributed by atoms with Crippen LogP contribution < -0.4 is 14.9 Å². The van der Waals surface area contributed by atoms with E-state index in [-0.39, 0.29) is 22.7 Å². The fraction of sp³-hybridized carbons (Fsp3) is 0.273. The highest BCUT2D eigenvalue weighted by Crippen LogP contribution is 2.27. The van der Waals surface area contributed by atoms with Crippen LogP contribution in [0.5, 0.6) is 5.75 Å². The van der Waals surface area contributed by atoms with Gasteiger partial charge in [-0.2, -0.15) is 5.10 Å². The van der Waals surface area contributed by atoms with Crippen LogP contribution in [0, 0.1) is 0 Å². The molecule has 2 aromatic heterocycles. The molecule has 0 spiro atoms. The van der Waals surface area contributed by atoms with E-state index in [1.54, 1.807) is 24.3 Å². The van der Waals surface area contributed by atoms with Crippen molar-refractivity contribution in [3.05, 3.63) is 74.7 Å². The van der Waals surface area contributed by atoms with E-state index in [1.165, 1.54) is 6.39 Å². The molecule has 1 aliphatic heterocycles. The van der Waals surface area contributed by atoms with Crippen LogP contribution in [0.25, 0.3) is 11.1 Å². The van der Waals surface area contributed by atoms with Crippen LogP contribution in [0.4, 0.5) is 0 Å². The summed E-state index contributed by atoms with van der Waals surface area (Å²) in [4.78, 5) is 30.3. The highest BCUT2D eigenvalue weighted by Gasteiger charge is 2.35. The molecule has 0 saturated carbocycles. The first-order valence-corrected chi connectivity index (χ1v) is 11.0. The van der Waals surface area contributed by atoms with Crippen molar-refractivity contribution in [3.8, 4) is 5.75 Å². The lowest BCUT2D eigenvalue weighted by molar-refractivity contribution is 0.0935. The van der Waals surface area contributed by atoms with Crippen molar-refractivity contribution in [1.82, 2.24) is 25.4 Å². The average molecular weight is 452 g/mol. The number of hydrogen-bond acceptors (Lipinski definition) is 8. The molecule has 1 saturated heterocycles. The molecule has 2 atom stereocenters. The molecular formula is C22H21N5O4S. The molecule has 32 heavy (non-hydrogen) atoms. The van der Waals surface area contributed by atoms with E-state index >= 15 is 0 Å². The summed E-state index contributed by atoms with van der Waals surface area (Å²) in [6.45, 7) is 1.81. The number of likely N-dealkylation sites (tertiary alicyclic amines) is 1. The van der Waals surface area contributed by atoms with Crippen LogP contribution in [-0.2, 0) is 6.61 Å². The average Bonchev–Trinajstić information content (AvgIpc) is 3.52. The Morgan fingerprint density at radius 3 is 2.91 bits per heavy atom. The Balaban J connectivity index is 1.21. The van der Waals surface area contributed by atoms with Crippen LogP contribution in [0.3, 0.4) is 0 Å². The molecule has 1 amide bonds. The van der Waals surface area contributed by atoms with Crippen LogP contribution in [0.2, 0.25) is 0 Å². The number of carbonyl (C=O) groups is 1. The Morgan fingerprint density at radius 2 is 2.12 bits per heavy atom. The van der Waals surface area contributed by atoms with Crippen LogP contribution in [0.1, 0.15) is 26.8 Å². The molecular weight excluding hydrogens is 430 g/mol. The molecule has 9 nitrogen and oxygen atoms in total. The molecule has 0 aliphatic carbocycles. The number of hydrogen-bond donors (Lipinski definition) is 2. The standard InChI is InChI=1S/C22H21N5O4S/c1-27-9-16(21-25-26-22(29)32-21)18(10-27)24-20(28)14-3-5-15(6-4-14)30-11-13-2-7-17-19(8-13)31-12-23-17/h2-8,12,16,18H,9-11H2,1H3,(H,24,28)(H,26,29). The fourth-order valence-corrected chi connectivity index (χ4v) is 4.67. The van der Waals surface area contributed by atoms with Gasteiger partial charge in [0.15, 0.2) is 12.0 Å². The number of rotatable bonds is 6. The van der Waals surface area contributed by atoms with E-state index in [9.17, 15) is 9.59 Å². The lowest BCUT2D eigenvalue weighted by Gasteiger charge is -2.18. The number of aromatic amines is 1. The van der Waals surface area contributed by atoms with E-state index in [4.69, 9.17) is 9.15 Å². The summed E-state index contributed by atoms with van der Waals surface area (Å²) in [5.41, 5.74) is 3.04. The molecule has 164 valence electrons. The molecule has 10 heteroatoms. The molecule has 3 heterocycles. The summed E-state index contributed by atoms with van der Waals surface area (Å²) in [7, 11) is 1.99. The van der Waals surface area contributed by atoms with Gasteiger partial charge in [0.05, 0.1) is 6.04 Å². The number of fused-ring (bicyclic) bond motifs is 1. The number of H-pyrrole nitrogens is 1. The summed E-state index contributed by atoms with van der Waals surface area (Å²) in [6.07, 6.45) is 1.42. The van der Waals surface area contributed by atoms with Crippen molar-refractivity contribution in [2.24, 2.45) is 0 Å². The maximum Gasteiger partial charge on any atom is 0.322 e. The van der Waals surface area contributed by atoms with Gasteiger partial charge in [-0.1, -0.05) is 17.4 Å². The van der Waals surface area contributed by atoms with E-state index in [2.05, 4.69) is 25.4 Å². The van der Waals surface area contributed by atoms with E-state index in [0.29, 0.717) is 24.5 Å². The molecule has 0 radical (unpaired) electrons. The lowest BCUT2D eigenvalue weighted by Crippen LogP contribution is -2.39. The van der Waals surface area contributed by atoms with Crippen LogP contribution >= 0.6 is 11.3 Å². The van der Waals surface area contributed by atoms with Crippen molar-refractivity contribution < 1.29 is 13.9 Å². The Morgan fingerprint density at radius 1 is 1.28 bits per heavy atom. The van der Waals surface area contributed by atoms with E-state index in [0.717, 1.165) is 39.6 Å². The fourth-order valence-electron chi connectivity index (χ4n) is 3.91. The first kappa shape index (κ1) is 20.4. The number of aromatic nitrogens is 3. The molecule has 1 aliphatic rings. The monoisotopic (exact) mass is 451 g/mol.